The molecule has 0 bridgehead atoms. The first-order valence-electron chi connectivity index (χ1n) is 12.9. The number of ether oxygens (including phenoxy) is 1. The van der Waals surface area contributed by atoms with Crippen LogP contribution in [0.5, 0.6) is 11.5 Å². The van der Waals surface area contributed by atoms with Crippen molar-refractivity contribution in [3.63, 3.8) is 0 Å². The Bertz CT molecular complexity index is 1370. The van der Waals surface area contributed by atoms with Gasteiger partial charge in [-0.05, 0) is 49.7 Å². The van der Waals surface area contributed by atoms with Gasteiger partial charge in [-0.25, -0.2) is 4.79 Å². The molecule has 0 saturated carbocycles. The minimum absolute atomic E-state index is 0.0514. The molecule has 9 nitrogen and oxygen atoms in total. The zero-order valence-electron chi connectivity index (χ0n) is 21.1. The molecule has 2 aromatic rings. The number of likely N-dealkylation sites (tertiary alicyclic amines) is 1. The average Bonchev–Trinajstić information content (AvgIpc) is 3.55. The SMILES string of the molecule is C=CC(=O)N1CC[C@@H](NC(=O)C2=C3NC(=O)N(c4ccc(Oc5ccccc5)cc4Cl)C4CCNC(S2)C34)C1. The van der Waals surface area contributed by atoms with Gasteiger partial charge in [-0.2, -0.15) is 0 Å². The van der Waals surface area contributed by atoms with Crippen LogP contribution < -0.4 is 25.6 Å². The fraction of sp³-hybridized carbons (Fsp3) is 0.321. The molecule has 0 radical (unpaired) electrons. The number of benzene rings is 2. The van der Waals surface area contributed by atoms with E-state index in [1.807, 2.05) is 30.3 Å². The highest BCUT2D eigenvalue weighted by molar-refractivity contribution is 8.04. The highest BCUT2D eigenvalue weighted by Gasteiger charge is 2.52. The number of piperidine rings is 1. The smallest absolute Gasteiger partial charge is 0.326 e. The van der Waals surface area contributed by atoms with E-state index in [-0.39, 0.29) is 41.2 Å². The number of thioether (sulfide) groups is 1. The standard InChI is InChI=1S/C28H28ClN5O4S/c1-2-22(35)33-13-11-16(15-33)31-26(36)25-24-23-21(10-12-30-27(23)39-25)34(28(37)32-24)20-9-8-18(14-19(20)29)38-17-6-4-3-5-7-17/h2-9,14,16,21,23,27,30H,1,10-13,15H2,(H,31,36)(H,32,37)/t16-,21?,23?,27?/m1/s1. The van der Waals surface area contributed by atoms with Gasteiger partial charge in [0.05, 0.1) is 27.0 Å². The van der Waals surface area contributed by atoms with Crippen LogP contribution in [0.2, 0.25) is 5.02 Å². The van der Waals surface area contributed by atoms with Crippen molar-refractivity contribution in [2.45, 2.75) is 30.3 Å². The molecule has 202 valence electrons. The highest BCUT2D eigenvalue weighted by atomic mass is 35.5. The van der Waals surface area contributed by atoms with Crippen LogP contribution in [0.1, 0.15) is 12.8 Å². The van der Waals surface area contributed by atoms with Gasteiger partial charge in [-0.15, -0.1) is 0 Å². The quantitative estimate of drug-likeness (QED) is 0.460. The number of para-hydroxylation sites is 1. The number of carbonyl (C=O) groups excluding carboxylic acids is 3. The topological polar surface area (TPSA) is 103 Å². The fourth-order valence-electron chi connectivity index (χ4n) is 5.73. The largest absolute Gasteiger partial charge is 0.457 e. The van der Waals surface area contributed by atoms with Gasteiger partial charge in [-0.1, -0.05) is 48.1 Å². The molecule has 39 heavy (non-hydrogen) atoms. The van der Waals surface area contributed by atoms with Crippen molar-refractivity contribution in [3.05, 3.63) is 76.8 Å². The van der Waals surface area contributed by atoms with Crippen molar-refractivity contribution in [1.29, 1.82) is 0 Å². The fourth-order valence-corrected chi connectivity index (χ4v) is 7.39. The van der Waals surface area contributed by atoms with Crippen molar-refractivity contribution in [1.82, 2.24) is 20.9 Å². The van der Waals surface area contributed by atoms with Crippen LogP contribution in [-0.2, 0) is 9.59 Å². The Balaban J connectivity index is 1.22. The summed E-state index contributed by atoms with van der Waals surface area (Å²) in [5, 5.41) is 9.93. The summed E-state index contributed by atoms with van der Waals surface area (Å²) < 4.78 is 5.90. The Morgan fingerprint density at radius 1 is 1.15 bits per heavy atom. The second-order valence-electron chi connectivity index (χ2n) is 9.89. The number of nitrogens with one attached hydrogen (secondary N) is 3. The van der Waals surface area contributed by atoms with E-state index in [1.54, 1.807) is 28.0 Å². The predicted molar refractivity (Wildman–Crippen MR) is 151 cm³/mol. The normalized spacial score (nSPS) is 25.7. The second kappa shape index (κ2) is 10.6. The van der Waals surface area contributed by atoms with Crippen LogP contribution in [0, 0.1) is 5.92 Å². The van der Waals surface area contributed by atoms with Gasteiger partial charge in [0.2, 0.25) is 5.91 Å². The third-order valence-electron chi connectivity index (χ3n) is 7.51. The highest BCUT2D eigenvalue weighted by Crippen LogP contribution is 2.49. The summed E-state index contributed by atoms with van der Waals surface area (Å²) in [5.41, 5.74) is 1.25. The maximum absolute atomic E-state index is 13.5. The molecule has 4 atom stereocenters. The molecule has 4 heterocycles. The number of halogens is 1. The van der Waals surface area contributed by atoms with Crippen molar-refractivity contribution < 1.29 is 19.1 Å². The number of urea groups is 1. The minimum Gasteiger partial charge on any atom is -0.457 e. The molecule has 4 aliphatic rings. The molecule has 3 fully saturated rings. The lowest BCUT2D eigenvalue weighted by Gasteiger charge is -2.46. The molecule has 4 amide bonds. The van der Waals surface area contributed by atoms with Gasteiger partial charge in [-0.3, -0.25) is 14.5 Å². The zero-order valence-corrected chi connectivity index (χ0v) is 22.6. The van der Waals surface area contributed by atoms with Crippen LogP contribution in [0.3, 0.4) is 0 Å². The molecule has 3 N–H and O–H groups in total. The molecule has 11 heteroatoms. The number of carbonyl (C=O) groups is 3. The number of hydrogen-bond donors (Lipinski definition) is 3. The van der Waals surface area contributed by atoms with Crippen molar-refractivity contribution in [3.8, 4) is 11.5 Å². The van der Waals surface area contributed by atoms with Gasteiger partial charge >= 0.3 is 6.03 Å². The van der Waals surface area contributed by atoms with Crippen LogP contribution in [0.4, 0.5) is 10.5 Å². The number of anilines is 1. The first-order chi connectivity index (χ1) is 18.9. The van der Waals surface area contributed by atoms with Crippen LogP contribution in [0.15, 0.2) is 71.8 Å². The molecule has 6 rings (SSSR count). The summed E-state index contributed by atoms with van der Waals surface area (Å²) >= 11 is 8.15. The third-order valence-corrected chi connectivity index (χ3v) is 9.17. The van der Waals surface area contributed by atoms with Gasteiger partial charge in [0.25, 0.3) is 5.91 Å². The Hall–Kier alpha value is -3.47. The second-order valence-corrected chi connectivity index (χ2v) is 11.5. The molecule has 3 saturated heterocycles. The molecule has 0 aliphatic carbocycles. The van der Waals surface area contributed by atoms with E-state index < -0.39 is 0 Å². The van der Waals surface area contributed by atoms with E-state index >= 15 is 0 Å². The first kappa shape index (κ1) is 25.8. The van der Waals surface area contributed by atoms with E-state index in [9.17, 15) is 14.4 Å². The summed E-state index contributed by atoms with van der Waals surface area (Å²) in [6.07, 6.45) is 2.68. The average molecular weight is 566 g/mol. The summed E-state index contributed by atoms with van der Waals surface area (Å²) in [7, 11) is 0. The molecular weight excluding hydrogens is 538 g/mol. The van der Waals surface area contributed by atoms with Crippen molar-refractivity contribution in [2.24, 2.45) is 5.92 Å². The Kier molecular flexibility index (Phi) is 7.01. The lowest BCUT2D eigenvalue weighted by Crippen LogP contribution is -2.62. The van der Waals surface area contributed by atoms with Gasteiger partial charge < -0.3 is 25.6 Å². The van der Waals surface area contributed by atoms with Crippen molar-refractivity contribution >= 4 is 46.9 Å². The number of amides is 4. The van der Waals surface area contributed by atoms with E-state index in [2.05, 4.69) is 22.5 Å². The van der Waals surface area contributed by atoms with Gasteiger partial charge in [0, 0.05) is 36.8 Å². The summed E-state index contributed by atoms with van der Waals surface area (Å²) in [6.45, 7) is 5.26. The van der Waals surface area contributed by atoms with E-state index in [4.69, 9.17) is 16.3 Å². The monoisotopic (exact) mass is 565 g/mol. The molecule has 2 aromatic carbocycles. The zero-order chi connectivity index (χ0) is 27.1. The third kappa shape index (κ3) is 4.88. The minimum atomic E-state index is -0.318. The number of hydrogen-bond acceptors (Lipinski definition) is 6. The molecule has 4 aliphatic heterocycles. The Labute approximate surface area is 235 Å². The van der Waals surface area contributed by atoms with Gasteiger partial charge in [0.1, 0.15) is 11.5 Å². The molecule has 0 aromatic heterocycles. The predicted octanol–water partition coefficient (Wildman–Crippen LogP) is 3.83. The van der Waals surface area contributed by atoms with Crippen LogP contribution in [0.25, 0.3) is 0 Å². The Morgan fingerprint density at radius 3 is 2.74 bits per heavy atom. The van der Waals surface area contributed by atoms with E-state index in [1.165, 1.54) is 17.8 Å². The van der Waals surface area contributed by atoms with Crippen LogP contribution >= 0.6 is 23.4 Å². The summed E-state index contributed by atoms with van der Waals surface area (Å²) in [6, 6.07) is 14.1. The molecular formula is C28H28ClN5O4S. The lowest BCUT2D eigenvalue weighted by atomic mass is 9.86. The van der Waals surface area contributed by atoms with E-state index in [0.29, 0.717) is 65.3 Å². The van der Waals surface area contributed by atoms with Crippen LogP contribution in [-0.4, -0.2) is 59.8 Å². The van der Waals surface area contributed by atoms with E-state index in [0.717, 1.165) is 0 Å². The summed E-state index contributed by atoms with van der Waals surface area (Å²) in [4.78, 5) is 42.7. The maximum Gasteiger partial charge on any atom is 0.326 e. The molecule has 3 unspecified atom stereocenters. The molecule has 0 spiro atoms. The number of rotatable bonds is 6. The van der Waals surface area contributed by atoms with Crippen molar-refractivity contribution in [2.75, 3.05) is 24.5 Å². The lowest BCUT2D eigenvalue weighted by molar-refractivity contribution is -0.125. The maximum atomic E-state index is 13.5. The van der Waals surface area contributed by atoms with Gasteiger partial charge in [0.15, 0.2) is 0 Å². The first-order valence-corrected chi connectivity index (χ1v) is 14.2. The Morgan fingerprint density at radius 2 is 1.97 bits per heavy atom. The number of nitrogens with zero attached hydrogens (tertiary/aromatic N) is 2. The summed E-state index contributed by atoms with van der Waals surface area (Å²) in [5.74, 6) is 0.809.